The van der Waals surface area contributed by atoms with E-state index in [1.165, 1.54) is 12.1 Å². The second-order valence-electron chi connectivity index (χ2n) is 8.10. The average Bonchev–Trinajstić information content (AvgIpc) is 3.23. The monoisotopic (exact) mass is 450 g/mol. The molecule has 0 radical (unpaired) electrons. The van der Waals surface area contributed by atoms with Crippen molar-refractivity contribution in [2.75, 3.05) is 20.1 Å². The van der Waals surface area contributed by atoms with Crippen molar-refractivity contribution in [1.82, 2.24) is 30.3 Å². The first-order valence-corrected chi connectivity index (χ1v) is 11.0. The number of aromatic nitrogens is 3. The van der Waals surface area contributed by atoms with Crippen molar-refractivity contribution in [3.8, 4) is 11.3 Å². The number of carbonyl (C=O) groups is 2. The SMILES string of the molecule is CNC(=O)NC1CCN(C(=O)Cn2nc(-c3ccncc3)cc2Cc2ccc(F)cc2)CC1. The third-order valence-electron chi connectivity index (χ3n) is 5.83. The van der Waals surface area contributed by atoms with Crippen LogP contribution in [0.2, 0.25) is 0 Å². The van der Waals surface area contributed by atoms with E-state index in [4.69, 9.17) is 5.10 Å². The van der Waals surface area contributed by atoms with Crippen molar-refractivity contribution in [1.29, 1.82) is 0 Å². The first-order valence-electron chi connectivity index (χ1n) is 11.0. The molecule has 172 valence electrons. The maximum Gasteiger partial charge on any atom is 0.314 e. The molecule has 1 aliphatic heterocycles. The van der Waals surface area contributed by atoms with Gasteiger partial charge in [0, 0.05) is 56.3 Å². The number of benzene rings is 1. The zero-order chi connectivity index (χ0) is 23.2. The molecular weight excluding hydrogens is 423 g/mol. The van der Waals surface area contributed by atoms with Crippen LogP contribution in [0.25, 0.3) is 11.3 Å². The van der Waals surface area contributed by atoms with Crippen LogP contribution in [0.15, 0.2) is 54.9 Å². The van der Waals surface area contributed by atoms with Crippen LogP contribution in [-0.2, 0) is 17.8 Å². The van der Waals surface area contributed by atoms with Gasteiger partial charge in [0.2, 0.25) is 5.91 Å². The van der Waals surface area contributed by atoms with Crippen LogP contribution in [0.3, 0.4) is 0 Å². The number of piperidine rings is 1. The molecule has 33 heavy (non-hydrogen) atoms. The molecule has 9 heteroatoms. The Kier molecular flexibility index (Phi) is 6.97. The standard InChI is InChI=1S/C24H27FN6O2/c1-26-24(33)28-20-8-12-30(13-9-20)23(32)16-31-21(14-17-2-4-19(25)5-3-17)15-22(29-31)18-6-10-27-11-7-18/h2-7,10-11,15,20H,8-9,12-14,16H2,1H3,(H2,26,28,33). The Labute approximate surface area is 191 Å². The van der Waals surface area contributed by atoms with Gasteiger partial charge in [-0.05, 0) is 48.7 Å². The van der Waals surface area contributed by atoms with Gasteiger partial charge in [0.25, 0.3) is 0 Å². The minimum atomic E-state index is -0.283. The van der Waals surface area contributed by atoms with Crippen molar-refractivity contribution in [3.63, 3.8) is 0 Å². The number of hydrogen-bond acceptors (Lipinski definition) is 4. The van der Waals surface area contributed by atoms with Gasteiger partial charge < -0.3 is 15.5 Å². The Bertz CT molecular complexity index is 1090. The molecule has 1 fully saturated rings. The van der Waals surface area contributed by atoms with E-state index in [0.717, 1.165) is 22.5 Å². The van der Waals surface area contributed by atoms with Crippen LogP contribution >= 0.6 is 0 Å². The van der Waals surface area contributed by atoms with E-state index in [1.54, 1.807) is 36.3 Å². The Morgan fingerprint density at radius 3 is 2.45 bits per heavy atom. The summed E-state index contributed by atoms with van der Waals surface area (Å²) in [7, 11) is 1.59. The molecule has 0 aliphatic carbocycles. The quantitative estimate of drug-likeness (QED) is 0.604. The molecule has 3 aromatic rings. The van der Waals surface area contributed by atoms with Crippen LogP contribution in [0.5, 0.6) is 0 Å². The summed E-state index contributed by atoms with van der Waals surface area (Å²) in [6.07, 6.45) is 5.36. The number of urea groups is 1. The van der Waals surface area contributed by atoms with E-state index in [1.807, 2.05) is 23.1 Å². The number of rotatable bonds is 6. The lowest BCUT2D eigenvalue weighted by molar-refractivity contribution is -0.133. The molecule has 0 saturated carbocycles. The maximum atomic E-state index is 13.3. The summed E-state index contributed by atoms with van der Waals surface area (Å²) in [5.74, 6) is -0.299. The highest BCUT2D eigenvalue weighted by atomic mass is 19.1. The summed E-state index contributed by atoms with van der Waals surface area (Å²) in [6, 6.07) is 11.9. The largest absolute Gasteiger partial charge is 0.341 e. The highest BCUT2D eigenvalue weighted by molar-refractivity contribution is 5.76. The molecule has 0 unspecified atom stereocenters. The molecule has 1 aliphatic rings. The third-order valence-corrected chi connectivity index (χ3v) is 5.83. The molecule has 2 aromatic heterocycles. The highest BCUT2D eigenvalue weighted by Gasteiger charge is 2.24. The zero-order valence-corrected chi connectivity index (χ0v) is 18.5. The van der Waals surface area contributed by atoms with Gasteiger partial charge in [-0.2, -0.15) is 5.10 Å². The van der Waals surface area contributed by atoms with Gasteiger partial charge in [0.05, 0.1) is 5.69 Å². The molecule has 1 aromatic carbocycles. The number of likely N-dealkylation sites (tertiary alicyclic amines) is 1. The Morgan fingerprint density at radius 2 is 1.79 bits per heavy atom. The zero-order valence-electron chi connectivity index (χ0n) is 18.5. The lowest BCUT2D eigenvalue weighted by atomic mass is 10.1. The third kappa shape index (κ3) is 5.74. The Morgan fingerprint density at radius 1 is 1.09 bits per heavy atom. The smallest absolute Gasteiger partial charge is 0.314 e. The van der Waals surface area contributed by atoms with Crippen molar-refractivity contribution < 1.29 is 14.0 Å². The molecule has 8 nitrogen and oxygen atoms in total. The molecule has 3 heterocycles. The predicted octanol–water partition coefficient (Wildman–Crippen LogP) is 2.60. The molecule has 4 rings (SSSR count). The minimum absolute atomic E-state index is 0.0156. The van der Waals surface area contributed by atoms with Crippen molar-refractivity contribution in [2.45, 2.75) is 31.8 Å². The maximum absolute atomic E-state index is 13.3. The van der Waals surface area contributed by atoms with E-state index in [0.29, 0.717) is 32.4 Å². The van der Waals surface area contributed by atoms with Crippen LogP contribution in [0.1, 0.15) is 24.1 Å². The predicted molar refractivity (Wildman–Crippen MR) is 122 cm³/mol. The number of nitrogens with zero attached hydrogens (tertiary/aromatic N) is 4. The normalized spacial score (nSPS) is 14.2. The number of halogens is 1. The second kappa shape index (κ2) is 10.2. The van der Waals surface area contributed by atoms with Crippen LogP contribution in [0.4, 0.5) is 9.18 Å². The van der Waals surface area contributed by atoms with E-state index in [-0.39, 0.29) is 30.3 Å². The van der Waals surface area contributed by atoms with E-state index in [2.05, 4.69) is 15.6 Å². The van der Waals surface area contributed by atoms with Crippen molar-refractivity contribution in [3.05, 3.63) is 71.9 Å². The van der Waals surface area contributed by atoms with Crippen molar-refractivity contribution in [2.24, 2.45) is 0 Å². The molecule has 0 atom stereocenters. The second-order valence-corrected chi connectivity index (χ2v) is 8.10. The van der Waals surface area contributed by atoms with Gasteiger partial charge >= 0.3 is 6.03 Å². The fourth-order valence-corrected chi connectivity index (χ4v) is 3.97. The van der Waals surface area contributed by atoms with Gasteiger partial charge in [-0.25, -0.2) is 9.18 Å². The average molecular weight is 451 g/mol. The van der Waals surface area contributed by atoms with E-state index < -0.39 is 0 Å². The van der Waals surface area contributed by atoms with Gasteiger partial charge in [0.15, 0.2) is 0 Å². The molecule has 2 N–H and O–H groups in total. The van der Waals surface area contributed by atoms with Crippen molar-refractivity contribution >= 4 is 11.9 Å². The summed E-state index contributed by atoms with van der Waals surface area (Å²) in [6.45, 7) is 1.29. The molecule has 0 spiro atoms. The van der Waals surface area contributed by atoms with Gasteiger partial charge in [-0.1, -0.05) is 12.1 Å². The summed E-state index contributed by atoms with van der Waals surface area (Å²) in [5.41, 5.74) is 3.48. The molecule has 0 bridgehead atoms. The summed E-state index contributed by atoms with van der Waals surface area (Å²) in [5, 5.41) is 10.2. The summed E-state index contributed by atoms with van der Waals surface area (Å²) in [4.78, 5) is 30.4. The number of pyridine rings is 1. The van der Waals surface area contributed by atoms with Crippen LogP contribution in [0, 0.1) is 5.82 Å². The summed E-state index contributed by atoms with van der Waals surface area (Å²) >= 11 is 0. The van der Waals surface area contributed by atoms with Gasteiger partial charge in [-0.15, -0.1) is 0 Å². The van der Waals surface area contributed by atoms with E-state index in [9.17, 15) is 14.0 Å². The highest BCUT2D eigenvalue weighted by Crippen LogP contribution is 2.21. The molecule has 3 amide bonds. The lowest BCUT2D eigenvalue weighted by Gasteiger charge is -2.32. The fraction of sp³-hybridized carbons (Fsp3) is 0.333. The Balaban J connectivity index is 1.48. The number of hydrogen-bond donors (Lipinski definition) is 2. The number of amides is 3. The van der Waals surface area contributed by atoms with Crippen LogP contribution in [-0.4, -0.2) is 57.8 Å². The molecular formula is C24H27FN6O2. The molecule has 1 saturated heterocycles. The van der Waals surface area contributed by atoms with E-state index >= 15 is 0 Å². The number of carbonyl (C=O) groups excluding carboxylic acids is 2. The first kappa shape index (κ1) is 22.4. The first-order chi connectivity index (χ1) is 16.0. The Hall–Kier alpha value is -3.75. The number of nitrogens with one attached hydrogen (secondary N) is 2. The fourth-order valence-electron chi connectivity index (χ4n) is 3.97. The minimum Gasteiger partial charge on any atom is -0.341 e. The van der Waals surface area contributed by atoms with Gasteiger partial charge in [0.1, 0.15) is 12.4 Å². The van der Waals surface area contributed by atoms with Gasteiger partial charge in [-0.3, -0.25) is 14.5 Å². The lowest BCUT2D eigenvalue weighted by Crippen LogP contribution is -2.49. The van der Waals surface area contributed by atoms with Crippen LogP contribution < -0.4 is 10.6 Å². The summed E-state index contributed by atoms with van der Waals surface area (Å²) < 4.78 is 15.1. The topological polar surface area (TPSA) is 92.2 Å².